The van der Waals surface area contributed by atoms with Crippen LogP contribution in [0.4, 0.5) is 0 Å². The number of aromatic nitrogens is 1. The van der Waals surface area contributed by atoms with Gasteiger partial charge in [0.1, 0.15) is 0 Å². The Balaban J connectivity index is 2.12. The molecule has 2 heterocycles. The molecule has 0 amide bonds. The van der Waals surface area contributed by atoms with Gasteiger partial charge >= 0.3 is 0 Å². The lowest BCUT2D eigenvalue weighted by atomic mass is 9.87. The molecule has 100 valence electrons. The third-order valence-electron chi connectivity index (χ3n) is 3.61. The van der Waals surface area contributed by atoms with Gasteiger partial charge in [-0.3, -0.25) is 4.98 Å². The van der Waals surface area contributed by atoms with Crippen molar-refractivity contribution in [2.75, 3.05) is 19.8 Å². The zero-order valence-electron chi connectivity index (χ0n) is 11.5. The van der Waals surface area contributed by atoms with Gasteiger partial charge in [-0.1, -0.05) is 13.0 Å². The second-order valence-corrected chi connectivity index (χ2v) is 5.18. The van der Waals surface area contributed by atoms with E-state index in [1.165, 1.54) is 17.5 Å². The quantitative estimate of drug-likeness (QED) is 0.870. The largest absolute Gasteiger partial charge is 0.381 e. The highest BCUT2D eigenvalue weighted by atomic mass is 16.5. The SMILES string of the molecule is CCCNC(c1cncc(C)c1)C1CCOCC1. The average molecular weight is 248 g/mol. The van der Waals surface area contributed by atoms with Crippen molar-refractivity contribution in [1.29, 1.82) is 0 Å². The number of nitrogens with zero attached hydrogens (tertiary/aromatic N) is 1. The Labute approximate surface area is 110 Å². The van der Waals surface area contributed by atoms with Gasteiger partial charge in [0, 0.05) is 31.6 Å². The lowest BCUT2D eigenvalue weighted by Gasteiger charge is -2.31. The smallest absolute Gasteiger partial charge is 0.0469 e. The van der Waals surface area contributed by atoms with E-state index in [1.54, 1.807) is 0 Å². The molecule has 0 aliphatic carbocycles. The highest BCUT2D eigenvalue weighted by molar-refractivity contribution is 5.21. The summed E-state index contributed by atoms with van der Waals surface area (Å²) in [5.74, 6) is 0.675. The van der Waals surface area contributed by atoms with Gasteiger partial charge in [-0.05, 0) is 49.8 Å². The topological polar surface area (TPSA) is 34.2 Å². The molecule has 1 aliphatic rings. The maximum atomic E-state index is 5.47. The summed E-state index contributed by atoms with van der Waals surface area (Å²) in [7, 11) is 0. The van der Waals surface area contributed by atoms with E-state index < -0.39 is 0 Å². The minimum absolute atomic E-state index is 0.432. The van der Waals surface area contributed by atoms with Crippen molar-refractivity contribution in [1.82, 2.24) is 10.3 Å². The maximum Gasteiger partial charge on any atom is 0.0469 e. The van der Waals surface area contributed by atoms with Gasteiger partial charge in [-0.15, -0.1) is 0 Å². The summed E-state index contributed by atoms with van der Waals surface area (Å²) in [6.45, 7) is 7.18. The van der Waals surface area contributed by atoms with Gasteiger partial charge in [0.25, 0.3) is 0 Å². The molecule has 0 spiro atoms. The van der Waals surface area contributed by atoms with E-state index in [0.29, 0.717) is 12.0 Å². The molecule has 0 bridgehead atoms. The van der Waals surface area contributed by atoms with Crippen LogP contribution in [0, 0.1) is 12.8 Å². The molecule has 18 heavy (non-hydrogen) atoms. The minimum atomic E-state index is 0.432. The number of aryl methyl sites for hydroxylation is 1. The Morgan fingerprint density at radius 3 is 2.83 bits per heavy atom. The molecule has 3 nitrogen and oxygen atoms in total. The van der Waals surface area contributed by atoms with Crippen LogP contribution in [-0.4, -0.2) is 24.7 Å². The number of hydrogen-bond donors (Lipinski definition) is 1. The third-order valence-corrected chi connectivity index (χ3v) is 3.61. The number of pyridine rings is 1. The fourth-order valence-electron chi connectivity index (χ4n) is 2.65. The molecule has 1 aromatic rings. The van der Waals surface area contributed by atoms with Gasteiger partial charge in [0.2, 0.25) is 0 Å². The molecule has 2 rings (SSSR count). The van der Waals surface area contributed by atoms with Crippen molar-refractivity contribution >= 4 is 0 Å². The van der Waals surface area contributed by atoms with E-state index in [2.05, 4.69) is 30.2 Å². The van der Waals surface area contributed by atoms with Crippen LogP contribution in [0.3, 0.4) is 0 Å². The van der Waals surface area contributed by atoms with Gasteiger partial charge < -0.3 is 10.1 Å². The van der Waals surface area contributed by atoms with Crippen molar-refractivity contribution in [2.45, 2.75) is 39.2 Å². The van der Waals surface area contributed by atoms with Crippen molar-refractivity contribution in [3.05, 3.63) is 29.6 Å². The molecule has 1 aromatic heterocycles. The summed E-state index contributed by atoms with van der Waals surface area (Å²) >= 11 is 0. The summed E-state index contributed by atoms with van der Waals surface area (Å²) in [6, 6.07) is 2.69. The lowest BCUT2D eigenvalue weighted by Crippen LogP contribution is -2.32. The van der Waals surface area contributed by atoms with Crippen molar-refractivity contribution in [2.24, 2.45) is 5.92 Å². The molecule has 1 unspecified atom stereocenters. The van der Waals surface area contributed by atoms with Crippen LogP contribution >= 0.6 is 0 Å². The summed E-state index contributed by atoms with van der Waals surface area (Å²) in [5.41, 5.74) is 2.57. The zero-order valence-corrected chi connectivity index (χ0v) is 11.5. The van der Waals surface area contributed by atoms with Gasteiger partial charge in [-0.2, -0.15) is 0 Å². The number of nitrogens with one attached hydrogen (secondary N) is 1. The van der Waals surface area contributed by atoms with Gasteiger partial charge in [0.15, 0.2) is 0 Å². The second kappa shape index (κ2) is 6.86. The van der Waals surface area contributed by atoms with E-state index in [1.807, 2.05) is 12.4 Å². The van der Waals surface area contributed by atoms with Crippen LogP contribution in [0.5, 0.6) is 0 Å². The van der Waals surface area contributed by atoms with E-state index in [9.17, 15) is 0 Å². The Hall–Kier alpha value is -0.930. The molecule has 1 saturated heterocycles. The van der Waals surface area contributed by atoms with E-state index in [4.69, 9.17) is 4.74 Å². The molecule has 0 radical (unpaired) electrons. The van der Waals surface area contributed by atoms with Crippen molar-refractivity contribution < 1.29 is 4.74 Å². The van der Waals surface area contributed by atoms with Crippen LogP contribution in [0.25, 0.3) is 0 Å². The third kappa shape index (κ3) is 3.53. The zero-order chi connectivity index (χ0) is 12.8. The number of ether oxygens (including phenoxy) is 1. The molecule has 1 N–H and O–H groups in total. The van der Waals surface area contributed by atoms with Gasteiger partial charge in [0.05, 0.1) is 0 Å². The predicted molar refractivity (Wildman–Crippen MR) is 73.6 cm³/mol. The molecular weight excluding hydrogens is 224 g/mol. The Morgan fingerprint density at radius 2 is 2.17 bits per heavy atom. The fraction of sp³-hybridized carbons (Fsp3) is 0.667. The molecule has 0 aromatic carbocycles. The van der Waals surface area contributed by atoms with Crippen LogP contribution in [0.2, 0.25) is 0 Å². The standard InChI is InChI=1S/C15H24N2O/c1-3-6-17-15(13-4-7-18-8-5-13)14-9-12(2)10-16-11-14/h9-11,13,15,17H,3-8H2,1-2H3. The summed E-state index contributed by atoms with van der Waals surface area (Å²) < 4.78 is 5.47. The first-order valence-corrected chi connectivity index (χ1v) is 7.04. The van der Waals surface area contributed by atoms with Crippen LogP contribution in [0.15, 0.2) is 18.5 Å². The monoisotopic (exact) mass is 248 g/mol. The molecular formula is C15H24N2O. The van der Waals surface area contributed by atoms with E-state index in [0.717, 1.165) is 32.6 Å². The highest BCUT2D eigenvalue weighted by Gasteiger charge is 2.25. The average Bonchev–Trinajstić information content (AvgIpc) is 2.40. The first-order valence-electron chi connectivity index (χ1n) is 7.04. The minimum Gasteiger partial charge on any atom is -0.381 e. The van der Waals surface area contributed by atoms with Gasteiger partial charge in [-0.25, -0.2) is 0 Å². The molecule has 1 fully saturated rings. The normalized spacial score (nSPS) is 18.8. The Bertz CT molecular complexity index is 361. The molecule has 0 saturated carbocycles. The molecule has 1 aliphatic heterocycles. The summed E-state index contributed by atoms with van der Waals surface area (Å²) in [5, 5.41) is 3.69. The first-order chi connectivity index (χ1) is 8.81. The molecule has 3 heteroatoms. The predicted octanol–water partition coefficient (Wildman–Crippen LogP) is 2.86. The maximum absolute atomic E-state index is 5.47. The van der Waals surface area contributed by atoms with E-state index in [-0.39, 0.29) is 0 Å². The van der Waals surface area contributed by atoms with E-state index >= 15 is 0 Å². The highest BCUT2D eigenvalue weighted by Crippen LogP contribution is 2.30. The molecule has 1 atom stereocenters. The lowest BCUT2D eigenvalue weighted by molar-refractivity contribution is 0.0536. The fourth-order valence-corrected chi connectivity index (χ4v) is 2.65. The Kier molecular flexibility index (Phi) is 5.14. The summed E-state index contributed by atoms with van der Waals surface area (Å²) in [6.07, 6.45) is 7.39. The number of hydrogen-bond acceptors (Lipinski definition) is 3. The van der Waals surface area contributed by atoms with Crippen molar-refractivity contribution in [3.63, 3.8) is 0 Å². The summed E-state index contributed by atoms with van der Waals surface area (Å²) in [4.78, 5) is 4.34. The first kappa shape index (κ1) is 13.5. The number of rotatable bonds is 5. The van der Waals surface area contributed by atoms with Crippen LogP contribution in [0.1, 0.15) is 43.4 Å². The Morgan fingerprint density at radius 1 is 1.39 bits per heavy atom. The van der Waals surface area contributed by atoms with Crippen LogP contribution in [-0.2, 0) is 4.74 Å². The second-order valence-electron chi connectivity index (χ2n) is 5.18. The van der Waals surface area contributed by atoms with Crippen LogP contribution < -0.4 is 5.32 Å². The van der Waals surface area contributed by atoms with Crippen molar-refractivity contribution in [3.8, 4) is 0 Å².